The van der Waals surface area contributed by atoms with Crippen molar-refractivity contribution in [3.8, 4) is 0 Å². The van der Waals surface area contributed by atoms with Gasteiger partial charge < -0.3 is 14.8 Å². The van der Waals surface area contributed by atoms with E-state index in [-0.39, 0.29) is 6.03 Å². The van der Waals surface area contributed by atoms with E-state index < -0.39 is 0 Å². The van der Waals surface area contributed by atoms with E-state index in [0.717, 1.165) is 56.0 Å². The molecule has 0 aliphatic carbocycles. The normalized spacial score (nSPS) is 17.5. The van der Waals surface area contributed by atoms with Crippen molar-refractivity contribution in [3.63, 3.8) is 0 Å². The summed E-state index contributed by atoms with van der Waals surface area (Å²) in [6, 6.07) is 6.34. The number of likely N-dealkylation sites (tertiary alicyclic amines) is 1. The molecule has 2 amide bonds. The number of rotatable bonds is 5. The van der Waals surface area contributed by atoms with Crippen molar-refractivity contribution in [2.24, 2.45) is 0 Å². The Morgan fingerprint density at radius 1 is 1.40 bits per heavy atom. The van der Waals surface area contributed by atoms with Gasteiger partial charge in [-0.25, -0.2) is 9.78 Å². The summed E-state index contributed by atoms with van der Waals surface area (Å²) in [6.07, 6.45) is 7.69. The standard InChI is InChI=1S/C19H27N5O/c1-3-18-20-11-13-24(18)17-8-5-12-23(14-17)19(25)21-10-9-16-7-4-6-15(2)22-16/h4,6-7,11,13,17H,3,5,8-10,12,14H2,1-2H3,(H,21,25)/t17-/m1/s1. The number of carbonyl (C=O) groups excluding carboxylic acids is 1. The molecular formula is C19H27N5O. The molecule has 6 nitrogen and oxygen atoms in total. The fourth-order valence-corrected chi connectivity index (χ4v) is 3.46. The van der Waals surface area contributed by atoms with Gasteiger partial charge in [0.25, 0.3) is 0 Å². The first kappa shape index (κ1) is 17.5. The van der Waals surface area contributed by atoms with Gasteiger partial charge in [-0.1, -0.05) is 13.0 Å². The lowest BCUT2D eigenvalue weighted by atomic mass is 10.1. The van der Waals surface area contributed by atoms with Crippen LogP contribution < -0.4 is 5.32 Å². The van der Waals surface area contributed by atoms with Gasteiger partial charge in [0.15, 0.2) is 0 Å². The summed E-state index contributed by atoms with van der Waals surface area (Å²) < 4.78 is 2.23. The van der Waals surface area contributed by atoms with Crippen molar-refractivity contribution in [3.05, 3.63) is 47.8 Å². The van der Waals surface area contributed by atoms with Crippen LogP contribution in [0.1, 0.15) is 43.0 Å². The molecule has 3 heterocycles. The maximum absolute atomic E-state index is 12.5. The maximum Gasteiger partial charge on any atom is 0.317 e. The third kappa shape index (κ3) is 4.38. The second kappa shape index (κ2) is 8.14. The first-order valence-corrected chi connectivity index (χ1v) is 9.14. The van der Waals surface area contributed by atoms with Gasteiger partial charge in [0, 0.05) is 56.3 Å². The Morgan fingerprint density at radius 2 is 2.28 bits per heavy atom. The average Bonchev–Trinajstić information content (AvgIpc) is 3.10. The Kier molecular flexibility index (Phi) is 5.68. The van der Waals surface area contributed by atoms with Crippen LogP contribution in [0.5, 0.6) is 0 Å². The van der Waals surface area contributed by atoms with E-state index in [2.05, 4.69) is 26.8 Å². The van der Waals surface area contributed by atoms with Crippen LogP contribution in [-0.2, 0) is 12.8 Å². The first-order chi connectivity index (χ1) is 12.2. The Bertz CT molecular complexity index is 711. The minimum absolute atomic E-state index is 0.0236. The van der Waals surface area contributed by atoms with E-state index in [4.69, 9.17) is 0 Å². The molecule has 0 saturated carbocycles. The first-order valence-electron chi connectivity index (χ1n) is 9.14. The van der Waals surface area contributed by atoms with Gasteiger partial charge in [-0.2, -0.15) is 0 Å². The number of imidazole rings is 1. The molecule has 1 N–H and O–H groups in total. The maximum atomic E-state index is 12.5. The van der Waals surface area contributed by atoms with Crippen molar-refractivity contribution in [1.82, 2.24) is 24.8 Å². The fourth-order valence-electron chi connectivity index (χ4n) is 3.46. The van der Waals surface area contributed by atoms with Crippen LogP contribution in [-0.4, -0.2) is 45.1 Å². The molecule has 1 fully saturated rings. The average molecular weight is 341 g/mol. The molecule has 3 rings (SSSR count). The minimum atomic E-state index is 0.0236. The van der Waals surface area contributed by atoms with Crippen molar-refractivity contribution in [2.45, 2.75) is 45.6 Å². The van der Waals surface area contributed by atoms with E-state index >= 15 is 0 Å². The molecule has 1 aliphatic heterocycles. The molecule has 1 saturated heterocycles. The Hall–Kier alpha value is -2.37. The number of aryl methyl sites for hydroxylation is 2. The van der Waals surface area contributed by atoms with Gasteiger partial charge in [0.1, 0.15) is 5.82 Å². The topological polar surface area (TPSA) is 63.1 Å². The zero-order chi connectivity index (χ0) is 17.6. The molecule has 0 unspecified atom stereocenters. The number of urea groups is 1. The van der Waals surface area contributed by atoms with Crippen LogP contribution >= 0.6 is 0 Å². The lowest BCUT2D eigenvalue weighted by Gasteiger charge is -2.34. The zero-order valence-electron chi connectivity index (χ0n) is 15.1. The van der Waals surface area contributed by atoms with Gasteiger partial charge in [-0.05, 0) is 31.9 Å². The molecule has 6 heteroatoms. The highest BCUT2D eigenvalue weighted by Gasteiger charge is 2.25. The van der Waals surface area contributed by atoms with E-state index in [1.54, 1.807) is 0 Å². The number of pyridine rings is 1. The fraction of sp³-hybridized carbons (Fsp3) is 0.526. The Morgan fingerprint density at radius 3 is 3.08 bits per heavy atom. The van der Waals surface area contributed by atoms with Crippen LogP contribution in [0.15, 0.2) is 30.6 Å². The number of hydrogen-bond acceptors (Lipinski definition) is 3. The molecule has 2 aromatic heterocycles. The van der Waals surface area contributed by atoms with E-state index in [1.165, 1.54) is 0 Å². The quantitative estimate of drug-likeness (QED) is 0.909. The third-order valence-electron chi connectivity index (χ3n) is 4.75. The van der Waals surface area contributed by atoms with Gasteiger partial charge in [-0.3, -0.25) is 4.98 Å². The second-order valence-corrected chi connectivity index (χ2v) is 6.60. The predicted octanol–water partition coefficient (Wildman–Crippen LogP) is 2.74. The molecular weight excluding hydrogens is 314 g/mol. The van der Waals surface area contributed by atoms with Crippen LogP contribution in [0, 0.1) is 6.92 Å². The van der Waals surface area contributed by atoms with E-state index in [0.29, 0.717) is 12.6 Å². The molecule has 134 valence electrons. The summed E-state index contributed by atoms with van der Waals surface area (Å²) in [6.45, 7) is 6.28. The van der Waals surface area contributed by atoms with Crippen LogP contribution in [0.3, 0.4) is 0 Å². The van der Waals surface area contributed by atoms with Gasteiger partial charge in [0.2, 0.25) is 0 Å². The predicted molar refractivity (Wildman–Crippen MR) is 97.5 cm³/mol. The highest BCUT2D eigenvalue weighted by molar-refractivity contribution is 5.74. The van der Waals surface area contributed by atoms with Crippen LogP contribution in [0.4, 0.5) is 4.79 Å². The Labute approximate surface area is 149 Å². The molecule has 1 atom stereocenters. The highest BCUT2D eigenvalue weighted by atomic mass is 16.2. The summed E-state index contributed by atoms with van der Waals surface area (Å²) in [5.41, 5.74) is 2.03. The molecule has 0 aromatic carbocycles. The monoisotopic (exact) mass is 341 g/mol. The molecule has 1 aliphatic rings. The molecule has 25 heavy (non-hydrogen) atoms. The van der Waals surface area contributed by atoms with Crippen molar-refractivity contribution < 1.29 is 4.79 Å². The summed E-state index contributed by atoms with van der Waals surface area (Å²) in [7, 11) is 0. The minimum Gasteiger partial charge on any atom is -0.338 e. The van der Waals surface area contributed by atoms with Crippen molar-refractivity contribution in [1.29, 1.82) is 0 Å². The van der Waals surface area contributed by atoms with Crippen LogP contribution in [0.25, 0.3) is 0 Å². The largest absolute Gasteiger partial charge is 0.338 e. The highest BCUT2D eigenvalue weighted by Crippen LogP contribution is 2.23. The molecule has 0 bridgehead atoms. The summed E-state index contributed by atoms with van der Waals surface area (Å²) in [4.78, 5) is 23.3. The van der Waals surface area contributed by atoms with Crippen molar-refractivity contribution >= 4 is 6.03 Å². The van der Waals surface area contributed by atoms with Gasteiger partial charge in [-0.15, -0.1) is 0 Å². The number of amides is 2. The second-order valence-electron chi connectivity index (χ2n) is 6.60. The number of hydrogen-bond donors (Lipinski definition) is 1. The van der Waals surface area contributed by atoms with Crippen LogP contribution in [0.2, 0.25) is 0 Å². The zero-order valence-corrected chi connectivity index (χ0v) is 15.1. The number of carbonyl (C=O) groups is 1. The lowest BCUT2D eigenvalue weighted by Crippen LogP contribution is -2.46. The molecule has 0 radical (unpaired) electrons. The molecule has 0 spiro atoms. The van der Waals surface area contributed by atoms with E-state index in [1.807, 2.05) is 42.4 Å². The number of aromatic nitrogens is 3. The molecule has 2 aromatic rings. The van der Waals surface area contributed by atoms with Gasteiger partial charge in [0.05, 0.1) is 6.04 Å². The lowest BCUT2D eigenvalue weighted by molar-refractivity contribution is 0.166. The van der Waals surface area contributed by atoms with Gasteiger partial charge >= 0.3 is 6.03 Å². The summed E-state index contributed by atoms with van der Waals surface area (Å²) in [5, 5.41) is 3.04. The van der Waals surface area contributed by atoms with Crippen molar-refractivity contribution in [2.75, 3.05) is 19.6 Å². The van der Waals surface area contributed by atoms with E-state index in [9.17, 15) is 4.79 Å². The SMILES string of the molecule is CCc1nccn1[C@@H]1CCCN(C(=O)NCCc2cccc(C)n2)C1. The third-order valence-corrected chi connectivity index (χ3v) is 4.75. The summed E-state index contributed by atoms with van der Waals surface area (Å²) in [5.74, 6) is 1.10. The number of piperidine rings is 1. The number of nitrogens with zero attached hydrogens (tertiary/aromatic N) is 4. The number of nitrogens with one attached hydrogen (secondary N) is 1. The smallest absolute Gasteiger partial charge is 0.317 e. The summed E-state index contributed by atoms with van der Waals surface area (Å²) >= 11 is 0. The Balaban J connectivity index is 1.52.